The SMILES string of the molecule is O=C(NCCNS)C(CCS)S(=O)(=O)O. The molecule has 0 heterocycles. The Balaban J connectivity index is 4.31. The molecule has 9 heteroatoms. The third-order valence-corrected chi connectivity index (χ3v) is 3.23. The van der Waals surface area contributed by atoms with Crippen LogP contribution in [0.15, 0.2) is 0 Å². The largest absolute Gasteiger partial charge is 0.354 e. The lowest BCUT2D eigenvalue weighted by Crippen LogP contribution is -2.41. The van der Waals surface area contributed by atoms with Crippen molar-refractivity contribution in [2.45, 2.75) is 11.7 Å². The van der Waals surface area contributed by atoms with Gasteiger partial charge >= 0.3 is 0 Å². The molecule has 0 saturated heterocycles. The summed E-state index contributed by atoms with van der Waals surface area (Å²) in [6.07, 6.45) is -0.0257. The van der Waals surface area contributed by atoms with Crippen molar-refractivity contribution in [3.8, 4) is 0 Å². The topological polar surface area (TPSA) is 95.5 Å². The predicted octanol–water partition coefficient (Wildman–Crippen LogP) is -0.887. The first kappa shape index (κ1) is 15.0. The van der Waals surface area contributed by atoms with Crippen molar-refractivity contribution in [1.82, 2.24) is 10.0 Å². The van der Waals surface area contributed by atoms with Crippen molar-refractivity contribution in [1.29, 1.82) is 0 Å². The lowest BCUT2D eigenvalue weighted by molar-refractivity contribution is -0.120. The second-order valence-electron chi connectivity index (χ2n) is 2.72. The zero-order valence-corrected chi connectivity index (χ0v) is 10.5. The zero-order valence-electron chi connectivity index (χ0n) is 7.88. The van der Waals surface area contributed by atoms with E-state index in [1.165, 1.54) is 0 Å². The van der Waals surface area contributed by atoms with Gasteiger partial charge in [0.15, 0.2) is 5.25 Å². The molecule has 0 saturated carbocycles. The molecular formula is C6H14N2O4S3. The summed E-state index contributed by atoms with van der Waals surface area (Å²) in [6, 6.07) is 0. The number of hydrogen-bond acceptors (Lipinski definition) is 6. The standard InChI is InChI=1S/C6H14N2O4S3/c9-6(7-2-3-8-14)5(1-4-13)15(10,11)12/h5,8,13-14H,1-4H2,(H,7,9)(H,10,11,12). The molecule has 3 N–H and O–H groups in total. The van der Waals surface area contributed by atoms with Gasteiger partial charge in [-0.05, 0) is 12.2 Å². The van der Waals surface area contributed by atoms with Gasteiger partial charge in [-0.25, -0.2) is 0 Å². The molecule has 0 aliphatic rings. The summed E-state index contributed by atoms with van der Waals surface area (Å²) in [5, 5.41) is 0.902. The predicted molar refractivity (Wildman–Crippen MR) is 63.8 cm³/mol. The molecule has 6 nitrogen and oxygen atoms in total. The molecule has 0 aromatic heterocycles. The van der Waals surface area contributed by atoms with Gasteiger partial charge in [0, 0.05) is 13.1 Å². The summed E-state index contributed by atoms with van der Waals surface area (Å²) in [4.78, 5) is 11.3. The van der Waals surface area contributed by atoms with Gasteiger partial charge in [0.2, 0.25) is 5.91 Å². The van der Waals surface area contributed by atoms with Gasteiger partial charge in [0.25, 0.3) is 10.1 Å². The number of thiol groups is 2. The summed E-state index contributed by atoms with van der Waals surface area (Å²) in [7, 11) is -4.36. The van der Waals surface area contributed by atoms with Crippen LogP contribution in [0.5, 0.6) is 0 Å². The number of carbonyl (C=O) groups is 1. The van der Waals surface area contributed by atoms with Gasteiger partial charge in [0.05, 0.1) is 0 Å². The van der Waals surface area contributed by atoms with Crippen molar-refractivity contribution in [3.63, 3.8) is 0 Å². The van der Waals surface area contributed by atoms with Crippen molar-refractivity contribution in [3.05, 3.63) is 0 Å². The summed E-state index contributed by atoms with van der Waals surface area (Å²) in [5.41, 5.74) is 0. The van der Waals surface area contributed by atoms with Crippen LogP contribution in [0.2, 0.25) is 0 Å². The van der Waals surface area contributed by atoms with Gasteiger partial charge in [-0.15, -0.1) is 0 Å². The number of carbonyl (C=O) groups excluding carboxylic acids is 1. The molecule has 0 aliphatic carbocycles. The first-order valence-electron chi connectivity index (χ1n) is 4.15. The van der Waals surface area contributed by atoms with Crippen molar-refractivity contribution >= 4 is 41.5 Å². The van der Waals surface area contributed by atoms with E-state index in [-0.39, 0.29) is 18.7 Å². The molecular weight excluding hydrogens is 260 g/mol. The highest BCUT2D eigenvalue weighted by molar-refractivity contribution is 7.87. The molecule has 0 spiro atoms. The average molecular weight is 274 g/mol. The van der Waals surface area contributed by atoms with Crippen LogP contribution in [0.4, 0.5) is 0 Å². The Hall–Kier alpha value is 0.0400. The van der Waals surface area contributed by atoms with E-state index in [2.05, 4.69) is 35.5 Å². The molecule has 0 fully saturated rings. The Morgan fingerprint density at radius 1 is 1.40 bits per heavy atom. The second-order valence-corrected chi connectivity index (χ2v) is 5.08. The number of rotatable bonds is 7. The Morgan fingerprint density at radius 3 is 2.40 bits per heavy atom. The van der Waals surface area contributed by atoms with E-state index in [0.717, 1.165) is 0 Å². The minimum Gasteiger partial charge on any atom is -0.354 e. The van der Waals surface area contributed by atoms with Crippen LogP contribution in [0.25, 0.3) is 0 Å². The molecule has 0 aromatic carbocycles. The van der Waals surface area contributed by atoms with Gasteiger partial charge in [-0.1, -0.05) is 12.8 Å². The fraction of sp³-hybridized carbons (Fsp3) is 0.833. The molecule has 0 rings (SSSR count). The maximum atomic E-state index is 11.3. The lowest BCUT2D eigenvalue weighted by Gasteiger charge is -2.12. The molecule has 0 aromatic rings. The minimum absolute atomic E-state index is 0.0257. The Kier molecular flexibility index (Phi) is 7.36. The summed E-state index contributed by atoms with van der Waals surface area (Å²) in [5.74, 6) is -0.530. The van der Waals surface area contributed by atoms with Crippen molar-refractivity contribution in [2.75, 3.05) is 18.8 Å². The summed E-state index contributed by atoms with van der Waals surface area (Å²) >= 11 is 7.51. The summed E-state index contributed by atoms with van der Waals surface area (Å²) < 4.78 is 32.9. The quantitative estimate of drug-likeness (QED) is 0.236. The maximum absolute atomic E-state index is 11.3. The van der Waals surface area contributed by atoms with E-state index in [0.29, 0.717) is 6.54 Å². The average Bonchev–Trinajstić information content (AvgIpc) is 2.12. The third-order valence-electron chi connectivity index (χ3n) is 1.58. The van der Waals surface area contributed by atoms with Crippen LogP contribution in [0.1, 0.15) is 6.42 Å². The fourth-order valence-electron chi connectivity index (χ4n) is 0.888. The van der Waals surface area contributed by atoms with Crippen molar-refractivity contribution < 1.29 is 17.8 Å². The normalized spacial score (nSPS) is 13.5. The van der Waals surface area contributed by atoms with E-state index in [4.69, 9.17) is 4.55 Å². The number of nitrogens with one attached hydrogen (secondary N) is 2. The smallest absolute Gasteiger partial charge is 0.276 e. The van der Waals surface area contributed by atoms with Crippen LogP contribution >= 0.6 is 25.4 Å². The van der Waals surface area contributed by atoms with Gasteiger partial charge in [-0.3, -0.25) is 14.1 Å². The van der Waals surface area contributed by atoms with E-state index in [1.54, 1.807) is 0 Å². The van der Waals surface area contributed by atoms with Crippen LogP contribution in [-0.4, -0.2) is 43.0 Å². The van der Waals surface area contributed by atoms with Crippen LogP contribution in [0.3, 0.4) is 0 Å². The second kappa shape index (κ2) is 7.34. The highest BCUT2D eigenvalue weighted by Crippen LogP contribution is 2.05. The van der Waals surface area contributed by atoms with Gasteiger partial charge in [-0.2, -0.15) is 21.0 Å². The van der Waals surface area contributed by atoms with E-state index < -0.39 is 21.3 Å². The molecule has 90 valence electrons. The van der Waals surface area contributed by atoms with Crippen LogP contribution in [0, 0.1) is 0 Å². The summed E-state index contributed by atoms with van der Waals surface area (Å²) in [6.45, 7) is 0.634. The zero-order chi connectivity index (χ0) is 11.9. The maximum Gasteiger partial charge on any atom is 0.276 e. The highest BCUT2D eigenvalue weighted by Gasteiger charge is 2.29. The van der Waals surface area contributed by atoms with E-state index in [1.807, 2.05) is 0 Å². The number of amides is 1. The Morgan fingerprint density at radius 2 is 2.00 bits per heavy atom. The number of hydrogen-bond donors (Lipinski definition) is 5. The third kappa shape index (κ3) is 6.25. The minimum atomic E-state index is -4.36. The molecule has 0 bridgehead atoms. The Labute approximate surface area is 99.9 Å². The monoisotopic (exact) mass is 274 g/mol. The molecule has 1 unspecified atom stereocenters. The van der Waals surface area contributed by atoms with Crippen LogP contribution in [-0.2, 0) is 14.9 Å². The van der Waals surface area contributed by atoms with Gasteiger partial charge in [0.1, 0.15) is 0 Å². The molecule has 0 radical (unpaired) electrons. The highest BCUT2D eigenvalue weighted by atomic mass is 32.2. The molecule has 0 aliphatic heterocycles. The molecule has 15 heavy (non-hydrogen) atoms. The van der Waals surface area contributed by atoms with E-state index >= 15 is 0 Å². The molecule has 1 atom stereocenters. The first-order valence-corrected chi connectivity index (χ1v) is 6.73. The molecule has 1 amide bonds. The first-order chi connectivity index (χ1) is 6.93. The van der Waals surface area contributed by atoms with E-state index in [9.17, 15) is 13.2 Å². The van der Waals surface area contributed by atoms with Crippen molar-refractivity contribution in [2.24, 2.45) is 0 Å². The van der Waals surface area contributed by atoms with Crippen LogP contribution < -0.4 is 10.0 Å². The fourth-order valence-corrected chi connectivity index (χ4v) is 2.20. The lowest BCUT2D eigenvalue weighted by atomic mass is 10.3. The van der Waals surface area contributed by atoms with Gasteiger partial charge < -0.3 is 5.32 Å². The Bertz CT molecular complexity index is 293.